The van der Waals surface area contributed by atoms with E-state index < -0.39 is 46.8 Å². The number of nitrogens with zero attached hydrogens (tertiary/aromatic N) is 1. The van der Waals surface area contributed by atoms with Crippen molar-refractivity contribution in [2.75, 3.05) is 18.8 Å². The fraction of sp³-hybridized carbons (Fsp3) is 0.844. The minimum Gasteiger partial charge on any atom is -0.461 e. The van der Waals surface area contributed by atoms with Crippen molar-refractivity contribution in [3.63, 3.8) is 0 Å². The molecule has 0 aromatic rings. The standard InChI is InChI=1S/C32H51NO7S/c1-9-30(7)16-24(31(8)19(2)10-13-32(20(3)27(30)37)14-11-22(35)26(31)32)39-25(36)18-41-23-17-33(15-12-21(23)34)28(38)40-29(4,5)6/h9,19-21,23-24,26-27,34,37H,1,10-18H2,2-8H3/t19?,20-,21?,23?,24+,26?,27?,30+,31-,32?/m0/s1. The number of ether oxygens (including phenoxy) is 2. The molecule has 8 nitrogen and oxygen atoms in total. The Labute approximate surface area is 250 Å². The number of esters is 1. The Morgan fingerprint density at radius 1 is 1.17 bits per heavy atom. The Balaban J connectivity index is 1.54. The number of ketones is 1. The van der Waals surface area contributed by atoms with Gasteiger partial charge in [-0.3, -0.25) is 9.59 Å². The number of likely N-dealkylation sites (tertiary alicyclic amines) is 1. The van der Waals surface area contributed by atoms with Gasteiger partial charge in [-0.15, -0.1) is 18.3 Å². The van der Waals surface area contributed by atoms with Crippen molar-refractivity contribution in [2.45, 2.75) is 116 Å². The third-order valence-corrected chi connectivity index (χ3v) is 12.5. The molecule has 9 heteroatoms. The summed E-state index contributed by atoms with van der Waals surface area (Å²) in [6.07, 6.45) is 3.29. The molecule has 2 N–H and O–H groups in total. The van der Waals surface area contributed by atoms with Crippen molar-refractivity contribution in [2.24, 2.45) is 34.0 Å². The largest absolute Gasteiger partial charge is 0.461 e. The molecule has 232 valence electrons. The van der Waals surface area contributed by atoms with Gasteiger partial charge in [0.05, 0.1) is 18.0 Å². The highest BCUT2D eigenvalue weighted by Gasteiger charge is 2.68. The first-order valence-corrected chi connectivity index (χ1v) is 16.3. The van der Waals surface area contributed by atoms with Crippen LogP contribution in [0.25, 0.3) is 0 Å². The van der Waals surface area contributed by atoms with Gasteiger partial charge < -0.3 is 24.6 Å². The molecule has 0 aromatic heterocycles. The van der Waals surface area contributed by atoms with E-state index in [0.29, 0.717) is 25.8 Å². The van der Waals surface area contributed by atoms with Crippen LogP contribution in [-0.4, -0.2) is 81.0 Å². The monoisotopic (exact) mass is 593 g/mol. The number of Topliss-reactive ketones (excluding diaryl/α,β-unsaturated/α-hetero) is 1. The van der Waals surface area contributed by atoms with E-state index in [0.717, 1.165) is 19.3 Å². The number of carbonyl (C=O) groups excluding carboxylic acids is 3. The number of hydrogen-bond donors (Lipinski definition) is 2. The summed E-state index contributed by atoms with van der Waals surface area (Å²) in [5.41, 5.74) is -2.19. The number of rotatable bonds is 5. The molecule has 41 heavy (non-hydrogen) atoms. The van der Waals surface area contributed by atoms with Crippen molar-refractivity contribution in [3.8, 4) is 0 Å². The van der Waals surface area contributed by atoms with Gasteiger partial charge in [0.2, 0.25) is 0 Å². The van der Waals surface area contributed by atoms with Crippen LogP contribution < -0.4 is 0 Å². The quantitative estimate of drug-likeness (QED) is 0.338. The smallest absolute Gasteiger partial charge is 0.410 e. The van der Waals surface area contributed by atoms with Gasteiger partial charge in [0.1, 0.15) is 17.5 Å². The molecule has 0 aromatic carbocycles. The van der Waals surface area contributed by atoms with Crippen LogP contribution in [0.2, 0.25) is 0 Å². The van der Waals surface area contributed by atoms with Crippen LogP contribution in [0.15, 0.2) is 12.7 Å². The summed E-state index contributed by atoms with van der Waals surface area (Å²) >= 11 is 1.29. The van der Waals surface area contributed by atoms with Crippen molar-refractivity contribution in [1.82, 2.24) is 4.90 Å². The van der Waals surface area contributed by atoms with E-state index in [1.54, 1.807) is 11.0 Å². The van der Waals surface area contributed by atoms with Gasteiger partial charge >= 0.3 is 12.1 Å². The number of aliphatic hydroxyl groups excluding tert-OH is 2. The normalized spacial score (nSPS) is 43.0. The van der Waals surface area contributed by atoms with Gasteiger partial charge in [0.25, 0.3) is 0 Å². The fourth-order valence-electron chi connectivity index (χ4n) is 8.43. The first-order valence-electron chi connectivity index (χ1n) is 15.3. The van der Waals surface area contributed by atoms with E-state index in [1.807, 2.05) is 27.7 Å². The van der Waals surface area contributed by atoms with Crippen LogP contribution in [0.4, 0.5) is 4.79 Å². The maximum absolute atomic E-state index is 13.6. The lowest BCUT2D eigenvalue weighted by Gasteiger charge is -2.61. The highest BCUT2D eigenvalue weighted by Crippen LogP contribution is 2.68. The van der Waals surface area contributed by atoms with E-state index in [-0.39, 0.29) is 46.5 Å². The minimum absolute atomic E-state index is 0.0123. The van der Waals surface area contributed by atoms with Crippen LogP contribution in [-0.2, 0) is 19.1 Å². The van der Waals surface area contributed by atoms with Crippen LogP contribution in [0.5, 0.6) is 0 Å². The van der Waals surface area contributed by atoms with Crippen LogP contribution >= 0.6 is 11.8 Å². The summed E-state index contributed by atoms with van der Waals surface area (Å²) in [6.45, 7) is 18.6. The molecule has 10 atom stereocenters. The Bertz CT molecular complexity index is 1040. The number of thioether (sulfide) groups is 1. The highest BCUT2D eigenvalue weighted by molar-refractivity contribution is 8.00. The molecule has 1 saturated heterocycles. The Hall–Kier alpha value is -1.58. The van der Waals surface area contributed by atoms with E-state index in [1.165, 1.54) is 11.8 Å². The van der Waals surface area contributed by atoms with Gasteiger partial charge in [-0.25, -0.2) is 4.79 Å². The van der Waals surface area contributed by atoms with Crippen LogP contribution in [0.3, 0.4) is 0 Å². The third-order valence-electron chi connectivity index (χ3n) is 11.2. The summed E-state index contributed by atoms with van der Waals surface area (Å²) in [7, 11) is 0. The average Bonchev–Trinajstić information content (AvgIpc) is 3.25. The first-order chi connectivity index (χ1) is 19.0. The van der Waals surface area contributed by atoms with E-state index in [2.05, 4.69) is 27.4 Å². The maximum atomic E-state index is 13.6. The van der Waals surface area contributed by atoms with Gasteiger partial charge in [-0.1, -0.05) is 33.8 Å². The van der Waals surface area contributed by atoms with Crippen molar-refractivity contribution >= 4 is 29.6 Å². The lowest BCUT2D eigenvalue weighted by Crippen LogP contribution is -2.63. The van der Waals surface area contributed by atoms with Gasteiger partial charge in [-0.2, -0.15) is 0 Å². The topological polar surface area (TPSA) is 113 Å². The Kier molecular flexibility index (Phi) is 9.06. The van der Waals surface area contributed by atoms with E-state index in [4.69, 9.17) is 9.47 Å². The van der Waals surface area contributed by atoms with Crippen molar-refractivity contribution < 1.29 is 34.1 Å². The molecule has 2 bridgehead atoms. The lowest BCUT2D eigenvalue weighted by atomic mass is 9.44. The molecule has 1 aliphatic heterocycles. The van der Waals surface area contributed by atoms with Gasteiger partial charge in [-0.05, 0) is 70.1 Å². The molecule has 3 aliphatic carbocycles. The summed E-state index contributed by atoms with van der Waals surface area (Å²) in [6, 6.07) is 0. The second kappa shape index (κ2) is 11.5. The zero-order valence-electron chi connectivity index (χ0n) is 26.0. The molecule has 4 rings (SSSR count). The number of piperidine rings is 1. The first kappa shape index (κ1) is 32.3. The number of aliphatic hydroxyl groups is 2. The molecule has 4 fully saturated rings. The summed E-state index contributed by atoms with van der Waals surface area (Å²) in [4.78, 5) is 41.3. The molecule has 0 radical (unpaired) electrons. The van der Waals surface area contributed by atoms with E-state index in [9.17, 15) is 24.6 Å². The Morgan fingerprint density at radius 3 is 2.49 bits per heavy atom. The average molecular weight is 594 g/mol. The molecule has 3 saturated carbocycles. The highest BCUT2D eigenvalue weighted by atomic mass is 32.2. The Morgan fingerprint density at radius 2 is 1.85 bits per heavy atom. The third kappa shape index (κ3) is 5.84. The fourth-order valence-corrected chi connectivity index (χ4v) is 9.49. The molecule has 1 amide bonds. The molecular weight excluding hydrogens is 542 g/mol. The molecule has 1 heterocycles. The van der Waals surface area contributed by atoms with Crippen LogP contribution in [0, 0.1) is 34.0 Å². The zero-order chi connectivity index (χ0) is 30.5. The van der Waals surface area contributed by atoms with Crippen molar-refractivity contribution in [3.05, 3.63) is 12.7 Å². The summed E-state index contributed by atoms with van der Waals surface area (Å²) in [5, 5.41) is 22.0. The lowest BCUT2D eigenvalue weighted by molar-refractivity contribution is -0.205. The molecular formula is C32H51NO7S. The number of hydrogen-bond acceptors (Lipinski definition) is 8. The van der Waals surface area contributed by atoms with Crippen LogP contribution in [0.1, 0.15) is 87.0 Å². The van der Waals surface area contributed by atoms with Crippen molar-refractivity contribution in [1.29, 1.82) is 0 Å². The summed E-state index contributed by atoms with van der Waals surface area (Å²) in [5.74, 6) is -0.368. The summed E-state index contributed by atoms with van der Waals surface area (Å²) < 4.78 is 11.8. The molecule has 0 spiro atoms. The van der Waals surface area contributed by atoms with Gasteiger partial charge in [0, 0.05) is 41.5 Å². The number of carbonyl (C=O) groups is 3. The van der Waals surface area contributed by atoms with Gasteiger partial charge in [0.15, 0.2) is 0 Å². The minimum atomic E-state index is -0.710. The molecule has 6 unspecified atom stereocenters. The zero-order valence-corrected chi connectivity index (χ0v) is 26.8. The second-order valence-corrected chi connectivity index (χ2v) is 15.9. The van der Waals surface area contributed by atoms with E-state index >= 15 is 0 Å². The molecule has 4 aliphatic rings. The predicted octanol–water partition coefficient (Wildman–Crippen LogP) is 5.00. The second-order valence-electron chi connectivity index (χ2n) is 14.7. The number of amides is 1. The maximum Gasteiger partial charge on any atom is 0.410 e. The SMILES string of the molecule is C=C[C@]1(C)C[C@@H](OC(=O)CSC2CN(C(=O)OC(C)(C)C)CCC2O)[C@]2(C)C(C)CCC3(CCC(=O)C32)[C@@H](C)C1O. The predicted molar refractivity (Wildman–Crippen MR) is 159 cm³/mol.